The zero-order valence-corrected chi connectivity index (χ0v) is 10.6. The van der Waals surface area contributed by atoms with Crippen LogP contribution < -0.4 is 4.89 Å². The summed E-state index contributed by atoms with van der Waals surface area (Å²) >= 11 is 0. The number of hydrogen-bond donors (Lipinski definition) is 1. The van der Waals surface area contributed by atoms with Crippen molar-refractivity contribution in [2.24, 2.45) is 0 Å². The Balaban J connectivity index is 4.32. The number of hydrogen-bond acceptors (Lipinski definition) is 3. The summed E-state index contributed by atoms with van der Waals surface area (Å²) in [5, 5.41) is 0. The Hall–Kier alpha value is -0.380. The first-order valence-corrected chi connectivity index (χ1v) is 6.62. The monoisotopic (exact) mass is 278 g/mol. The first kappa shape index (κ1) is 16.6. The van der Waals surface area contributed by atoms with Gasteiger partial charge in [0.05, 0.1) is 0 Å². The predicted octanol–water partition coefficient (Wildman–Crippen LogP) is 1.44. The lowest BCUT2D eigenvalue weighted by atomic mass is 10.4. The van der Waals surface area contributed by atoms with Crippen LogP contribution in [0.1, 0.15) is 26.7 Å². The van der Waals surface area contributed by atoms with Gasteiger partial charge in [0.1, 0.15) is 0 Å². The van der Waals surface area contributed by atoms with Gasteiger partial charge in [0.15, 0.2) is 6.61 Å². The minimum atomic E-state index is -4.57. The van der Waals surface area contributed by atoms with E-state index in [1.54, 1.807) is 13.8 Å². The molecular weight excluding hydrogens is 261 g/mol. The van der Waals surface area contributed by atoms with Crippen LogP contribution in [0.3, 0.4) is 0 Å². The Bertz CT molecular complexity index is 300. The summed E-state index contributed by atoms with van der Waals surface area (Å²) in [4.78, 5) is 5.40. The van der Waals surface area contributed by atoms with Gasteiger partial charge >= 0.3 is 16.4 Å². The molecule has 0 saturated heterocycles. The topological polar surface area (TPSA) is 58.6 Å². The molecule has 0 aliphatic heterocycles. The SMILES string of the molecule is CCCN(CCC)S(=O)(=O)NOCC(F)(F)F. The molecule has 0 unspecified atom stereocenters. The smallest absolute Gasteiger partial charge is 0.276 e. The van der Waals surface area contributed by atoms with Crippen molar-refractivity contribution in [1.29, 1.82) is 0 Å². The van der Waals surface area contributed by atoms with Crippen LogP contribution >= 0.6 is 0 Å². The average molecular weight is 278 g/mol. The van der Waals surface area contributed by atoms with Crippen molar-refractivity contribution in [2.75, 3.05) is 19.7 Å². The maximum absolute atomic E-state index is 11.8. The summed E-state index contributed by atoms with van der Waals surface area (Å²) in [6.45, 7) is 2.36. The highest BCUT2D eigenvalue weighted by molar-refractivity contribution is 7.87. The van der Waals surface area contributed by atoms with Gasteiger partial charge in [0.2, 0.25) is 0 Å². The third-order valence-corrected chi connectivity index (χ3v) is 3.06. The van der Waals surface area contributed by atoms with Crippen LogP contribution in [-0.2, 0) is 15.0 Å². The maximum Gasteiger partial charge on any atom is 0.413 e. The van der Waals surface area contributed by atoms with E-state index in [9.17, 15) is 21.6 Å². The lowest BCUT2D eigenvalue weighted by molar-refractivity contribution is -0.181. The molecule has 1 N–H and O–H groups in total. The van der Waals surface area contributed by atoms with Crippen LogP contribution in [0.2, 0.25) is 0 Å². The summed E-state index contributed by atoms with van der Waals surface area (Å²) in [5.74, 6) is 0. The molecule has 0 radical (unpaired) electrons. The van der Waals surface area contributed by atoms with Crippen molar-refractivity contribution < 1.29 is 26.4 Å². The molecule has 0 fully saturated rings. The Labute approximate surface area is 99.1 Å². The van der Waals surface area contributed by atoms with Gasteiger partial charge in [-0.15, -0.1) is 0 Å². The maximum atomic E-state index is 11.8. The van der Waals surface area contributed by atoms with Crippen molar-refractivity contribution in [3.63, 3.8) is 0 Å². The summed E-state index contributed by atoms with van der Waals surface area (Å²) in [6.07, 6.45) is -3.43. The summed E-state index contributed by atoms with van der Waals surface area (Å²) in [7, 11) is -4.01. The molecule has 0 rings (SSSR count). The molecular formula is C8H17F3N2O3S. The Morgan fingerprint density at radius 3 is 2.00 bits per heavy atom. The van der Waals surface area contributed by atoms with Gasteiger partial charge in [-0.05, 0) is 12.8 Å². The second-order valence-corrected chi connectivity index (χ2v) is 5.02. The highest BCUT2D eigenvalue weighted by Crippen LogP contribution is 2.14. The zero-order valence-electron chi connectivity index (χ0n) is 9.75. The Kier molecular flexibility index (Phi) is 6.98. The van der Waals surface area contributed by atoms with E-state index in [2.05, 4.69) is 4.84 Å². The molecule has 0 aliphatic rings. The van der Waals surface area contributed by atoms with Gasteiger partial charge in [-0.25, -0.2) is 0 Å². The van der Waals surface area contributed by atoms with E-state index in [1.807, 2.05) is 0 Å². The molecule has 9 heteroatoms. The zero-order chi connectivity index (χ0) is 13.5. The van der Waals surface area contributed by atoms with E-state index in [4.69, 9.17) is 0 Å². The minimum Gasteiger partial charge on any atom is -0.276 e. The van der Waals surface area contributed by atoms with Crippen LogP contribution in [0.5, 0.6) is 0 Å². The number of alkyl halides is 3. The van der Waals surface area contributed by atoms with E-state index < -0.39 is 23.0 Å². The van der Waals surface area contributed by atoms with Gasteiger partial charge in [-0.2, -0.15) is 25.9 Å². The number of rotatable bonds is 8. The normalized spacial score (nSPS) is 13.3. The van der Waals surface area contributed by atoms with Crippen molar-refractivity contribution in [2.45, 2.75) is 32.9 Å². The molecule has 17 heavy (non-hydrogen) atoms. The molecule has 5 nitrogen and oxygen atoms in total. The van der Waals surface area contributed by atoms with E-state index in [0.717, 1.165) is 4.31 Å². The van der Waals surface area contributed by atoms with Gasteiger partial charge < -0.3 is 0 Å². The average Bonchev–Trinajstić information content (AvgIpc) is 2.15. The van der Waals surface area contributed by atoms with Gasteiger partial charge in [0, 0.05) is 13.1 Å². The second-order valence-electron chi connectivity index (χ2n) is 3.39. The number of halogens is 3. The van der Waals surface area contributed by atoms with Gasteiger partial charge in [0.25, 0.3) is 0 Å². The predicted molar refractivity (Wildman–Crippen MR) is 56.2 cm³/mol. The first-order chi connectivity index (χ1) is 7.73. The third kappa shape index (κ3) is 7.53. The fourth-order valence-electron chi connectivity index (χ4n) is 1.09. The third-order valence-electron chi connectivity index (χ3n) is 1.69. The number of nitrogens with zero attached hydrogens (tertiary/aromatic N) is 1. The quantitative estimate of drug-likeness (QED) is 0.683. The van der Waals surface area contributed by atoms with Crippen LogP contribution in [0, 0.1) is 0 Å². The number of nitrogens with one attached hydrogen (secondary N) is 1. The molecule has 0 heterocycles. The fourth-order valence-corrected chi connectivity index (χ4v) is 2.25. The summed E-state index contributed by atoms with van der Waals surface area (Å²) < 4.78 is 59.3. The van der Waals surface area contributed by atoms with Crippen LogP contribution in [-0.4, -0.2) is 38.6 Å². The molecule has 104 valence electrons. The van der Waals surface area contributed by atoms with Crippen molar-refractivity contribution in [1.82, 2.24) is 9.19 Å². The van der Waals surface area contributed by atoms with Crippen LogP contribution in [0.4, 0.5) is 13.2 Å². The molecule has 0 aliphatic carbocycles. The standard InChI is InChI=1S/C8H17F3N2O3S/c1-3-5-13(6-4-2)17(14,15)12-16-7-8(9,10)11/h12H,3-7H2,1-2H3. The van der Waals surface area contributed by atoms with Crippen LogP contribution in [0.15, 0.2) is 0 Å². The molecule has 0 aromatic heterocycles. The molecule has 0 bridgehead atoms. The van der Waals surface area contributed by atoms with Crippen molar-refractivity contribution in [3.05, 3.63) is 0 Å². The van der Waals surface area contributed by atoms with Crippen molar-refractivity contribution in [3.8, 4) is 0 Å². The Morgan fingerprint density at radius 1 is 1.18 bits per heavy atom. The van der Waals surface area contributed by atoms with E-state index in [-0.39, 0.29) is 13.1 Å². The summed E-state index contributed by atoms with van der Waals surface area (Å²) in [5.41, 5.74) is 0. The fraction of sp³-hybridized carbons (Fsp3) is 1.00. The molecule has 0 aromatic rings. The largest absolute Gasteiger partial charge is 0.413 e. The van der Waals surface area contributed by atoms with Gasteiger partial charge in [-0.3, -0.25) is 4.84 Å². The molecule has 0 atom stereocenters. The lowest BCUT2D eigenvalue weighted by Gasteiger charge is -2.20. The first-order valence-electron chi connectivity index (χ1n) is 5.18. The van der Waals surface area contributed by atoms with E-state index in [0.29, 0.717) is 12.8 Å². The molecule has 0 aromatic carbocycles. The minimum absolute atomic E-state index is 0.235. The lowest BCUT2D eigenvalue weighted by Crippen LogP contribution is -2.42. The molecule has 0 spiro atoms. The second kappa shape index (κ2) is 7.14. The van der Waals surface area contributed by atoms with E-state index >= 15 is 0 Å². The molecule has 0 saturated carbocycles. The Morgan fingerprint density at radius 2 is 1.65 bits per heavy atom. The van der Waals surface area contributed by atoms with Crippen molar-refractivity contribution >= 4 is 10.2 Å². The van der Waals surface area contributed by atoms with Crippen LogP contribution in [0.25, 0.3) is 0 Å². The highest BCUT2D eigenvalue weighted by atomic mass is 32.2. The summed E-state index contributed by atoms with van der Waals surface area (Å²) in [6, 6.07) is 0. The van der Waals surface area contributed by atoms with Gasteiger partial charge in [-0.1, -0.05) is 18.7 Å². The molecule has 0 amide bonds. The highest BCUT2D eigenvalue weighted by Gasteiger charge is 2.29. The van der Waals surface area contributed by atoms with E-state index in [1.165, 1.54) is 4.89 Å².